The summed E-state index contributed by atoms with van der Waals surface area (Å²) in [6, 6.07) is 6.98. The number of ketones is 1. The molecule has 0 aromatic heterocycles. The number of piperidine rings is 1. The van der Waals surface area contributed by atoms with Crippen molar-refractivity contribution in [1.29, 1.82) is 0 Å². The molecule has 1 heterocycles. The number of carbonyl (C=O) groups is 1. The van der Waals surface area contributed by atoms with E-state index in [1.54, 1.807) is 30.3 Å². The molecule has 1 aliphatic heterocycles. The molecule has 0 saturated carbocycles. The first-order valence-electron chi connectivity index (χ1n) is 7.45. The highest BCUT2D eigenvalue weighted by Gasteiger charge is 2.24. The van der Waals surface area contributed by atoms with E-state index in [9.17, 15) is 4.79 Å². The lowest BCUT2D eigenvalue weighted by molar-refractivity contribution is 0.0323. The number of nitrogens with zero attached hydrogens (tertiary/aromatic N) is 1. The number of halogens is 2. The summed E-state index contributed by atoms with van der Waals surface area (Å²) in [6.07, 6.45) is 4.91. The number of benzene rings is 1. The van der Waals surface area contributed by atoms with E-state index in [1.165, 1.54) is 19.3 Å². The average molecular weight is 344 g/mol. The standard InChI is InChI=1S/C17H22ClNO2.ClH/c1-2-12-21-16(13-19-10-4-3-5-11-19)17(20)14-6-8-15(18)9-7-14;/h2,6-9,16H,1,3-5,10-13H2;1H. The molecule has 5 heteroatoms. The zero-order valence-corrected chi connectivity index (χ0v) is 14.2. The molecule has 0 N–H and O–H groups in total. The summed E-state index contributed by atoms with van der Waals surface area (Å²) >= 11 is 5.87. The van der Waals surface area contributed by atoms with Gasteiger partial charge in [0.2, 0.25) is 0 Å². The molecule has 1 aromatic rings. The van der Waals surface area contributed by atoms with Gasteiger partial charge in [0, 0.05) is 17.1 Å². The molecule has 1 saturated heterocycles. The molecule has 22 heavy (non-hydrogen) atoms. The topological polar surface area (TPSA) is 29.5 Å². The van der Waals surface area contributed by atoms with Crippen LogP contribution >= 0.6 is 24.0 Å². The van der Waals surface area contributed by atoms with Crippen molar-refractivity contribution in [2.24, 2.45) is 0 Å². The second-order valence-corrected chi connectivity index (χ2v) is 5.78. The molecular weight excluding hydrogens is 321 g/mol. The third-order valence-electron chi connectivity index (χ3n) is 3.71. The Bertz CT molecular complexity index is 470. The summed E-state index contributed by atoms with van der Waals surface area (Å²) in [4.78, 5) is 14.9. The lowest BCUT2D eigenvalue weighted by Gasteiger charge is -2.29. The minimum Gasteiger partial charge on any atom is -0.365 e. The smallest absolute Gasteiger partial charge is 0.192 e. The van der Waals surface area contributed by atoms with Crippen LogP contribution in [-0.2, 0) is 4.74 Å². The second-order valence-electron chi connectivity index (χ2n) is 5.34. The molecule has 0 radical (unpaired) electrons. The first kappa shape index (κ1) is 19.2. The molecular formula is C17H23Cl2NO2. The molecule has 0 bridgehead atoms. The normalized spacial score (nSPS) is 16.6. The van der Waals surface area contributed by atoms with E-state index in [1.807, 2.05) is 0 Å². The Morgan fingerprint density at radius 3 is 2.50 bits per heavy atom. The van der Waals surface area contributed by atoms with E-state index in [4.69, 9.17) is 16.3 Å². The zero-order valence-electron chi connectivity index (χ0n) is 12.7. The first-order chi connectivity index (χ1) is 10.2. The maximum atomic E-state index is 12.6. The quantitative estimate of drug-likeness (QED) is 0.553. The van der Waals surface area contributed by atoms with Crippen molar-refractivity contribution in [3.05, 3.63) is 47.5 Å². The molecule has 0 aliphatic carbocycles. The van der Waals surface area contributed by atoms with Crippen molar-refractivity contribution in [2.75, 3.05) is 26.2 Å². The first-order valence-corrected chi connectivity index (χ1v) is 7.83. The molecule has 0 spiro atoms. The summed E-state index contributed by atoms with van der Waals surface area (Å²) in [5.41, 5.74) is 0.644. The fourth-order valence-electron chi connectivity index (χ4n) is 2.57. The monoisotopic (exact) mass is 343 g/mol. The molecule has 1 aliphatic rings. The third-order valence-corrected chi connectivity index (χ3v) is 3.96. The number of carbonyl (C=O) groups excluding carboxylic acids is 1. The zero-order chi connectivity index (χ0) is 15.1. The molecule has 1 atom stereocenters. The van der Waals surface area contributed by atoms with Gasteiger partial charge in [-0.25, -0.2) is 0 Å². The fourth-order valence-corrected chi connectivity index (χ4v) is 2.70. The van der Waals surface area contributed by atoms with Crippen molar-refractivity contribution in [1.82, 2.24) is 4.90 Å². The lowest BCUT2D eigenvalue weighted by atomic mass is 10.0. The van der Waals surface area contributed by atoms with Gasteiger partial charge in [-0.2, -0.15) is 0 Å². The van der Waals surface area contributed by atoms with E-state index < -0.39 is 6.10 Å². The van der Waals surface area contributed by atoms with Crippen LogP contribution in [0.3, 0.4) is 0 Å². The van der Waals surface area contributed by atoms with Crippen molar-refractivity contribution < 1.29 is 9.53 Å². The highest BCUT2D eigenvalue weighted by atomic mass is 35.5. The van der Waals surface area contributed by atoms with Gasteiger partial charge in [0.15, 0.2) is 5.78 Å². The van der Waals surface area contributed by atoms with E-state index in [0.29, 0.717) is 23.7 Å². The van der Waals surface area contributed by atoms with Crippen molar-refractivity contribution in [3.8, 4) is 0 Å². The predicted molar refractivity (Wildman–Crippen MR) is 93.3 cm³/mol. The molecule has 122 valence electrons. The van der Waals surface area contributed by atoms with Crippen LogP contribution in [0.15, 0.2) is 36.9 Å². The number of rotatable bonds is 7. The van der Waals surface area contributed by atoms with Crippen LogP contribution in [0.4, 0.5) is 0 Å². The largest absolute Gasteiger partial charge is 0.365 e. The molecule has 0 amide bonds. The van der Waals surface area contributed by atoms with Crippen LogP contribution in [0.2, 0.25) is 5.02 Å². The number of hydrogen-bond acceptors (Lipinski definition) is 3. The molecule has 1 unspecified atom stereocenters. The molecule has 1 fully saturated rings. The Kier molecular flexibility index (Phi) is 8.72. The number of likely N-dealkylation sites (tertiary alicyclic amines) is 1. The fraction of sp³-hybridized carbons (Fsp3) is 0.471. The second kappa shape index (κ2) is 10.0. The Labute approximate surface area is 143 Å². The van der Waals surface area contributed by atoms with Gasteiger partial charge < -0.3 is 9.64 Å². The average Bonchev–Trinajstić information content (AvgIpc) is 2.52. The van der Waals surface area contributed by atoms with Crippen LogP contribution < -0.4 is 0 Å². The molecule has 1 aromatic carbocycles. The summed E-state index contributed by atoms with van der Waals surface area (Å²) < 4.78 is 5.70. The van der Waals surface area contributed by atoms with Gasteiger partial charge in [0.05, 0.1) is 6.61 Å². The number of Topliss-reactive ketones (excluding diaryl/α,β-unsaturated/α-hetero) is 1. The molecule has 2 rings (SSSR count). The van der Waals surface area contributed by atoms with Crippen LogP contribution in [0, 0.1) is 0 Å². The third kappa shape index (κ3) is 5.73. The van der Waals surface area contributed by atoms with E-state index in [0.717, 1.165) is 13.1 Å². The van der Waals surface area contributed by atoms with Crippen LogP contribution in [0.5, 0.6) is 0 Å². The van der Waals surface area contributed by atoms with E-state index in [-0.39, 0.29) is 18.2 Å². The molecule has 3 nitrogen and oxygen atoms in total. The van der Waals surface area contributed by atoms with Gasteiger partial charge in [-0.05, 0) is 50.2 Å². The van der Waals surface area contributed by atoms with Gasteiger partial charge in [0.25, 0.3) is 0 Å². The number of hydrogen-bond donors (Lipinski definition) is 0. The van der Waals surface area contributed by atoms with E-state index in [2.05, 4.69) is 11.5 Å². The number of ether oxygens (including phenoxy) is 1. The van der Waals surface area contributed by atoms with Gasteiger partial charge in [-0.15, -0.1) is 19.0 Å². The van der Waals surface area contributed by atoms with E-state index >= 15 is 0 Å². The van der Waals surface area contributed by atoms with Gasteiger partial charge in [-0.1, -0.05) is 24.1 Å². The van der Waals surface area contributed by atoms with Gasteiger partial charge in [-0.3, -0.25) is 4.79 Å². The van der Waals surface area contributed by atoms with Gasteiger partial charge in [0.1, 0.15) is 6.10 Å². The van der Waals surface area contributed by atoms with Crippen molar-refractivity contribution in [3.63, 3.8) is 0 Å². The Balaban J connectivity index is 0.00000242. The van der Waals surface area contributed by atoms with Crippen LogP contribution in [0.1, 0.15) is 29.6 Å². The maximum Gasteiger partial charge on any atom is 0.192 e. The minimum absolute atomic E-state index is 0. The predicted octanol–water partition coefficient (Wildman–Crippen LogP) is 4.00. The highest BCUT2D eigenvalue weighted by Crippen LogP contribution is 2.15. The SMILES string of the molecule is C=CCOC(CN1CCCCC1)C(=O)c1ccc(Cl)cc1.Cl. The summed E-state index contributed by atoms with van der Waals surface area (Å²) in [5, 5.41) is 0.631. The maximum absolute atomic E-state index is 12.6. The Hall–Kier alpha value is -0.870. The Morgan fingerprint density at radius 2 is 1.91 bits per heavy atom. The Morgan fingerprint density at radius 1 is 1.27 bits per heavy atom. The highest BCUT2D eigenvalue weighted by molar-refractivity contribution is 6.30. The van der Waals surface area contributed by atoms with Crippen LogP contribution in [0.25, 0.3) is 0 Å². The minimum atomic E-state index is -0.442. The van der Waals surface area contributed by atoms with Crippen LogP contribution in [-0.4, -0.2) is 43.0 Å². The lowest BCUT2D eigenvalue weighted by Crippen LogP contribution is -2.41. The van der Waals surface area contributed by atoms with Crippen molar-refractivity contribution in [2.45, 2.75) is 25.4 Å². The van der Waals surface area contributed by atoms with Crippen molar-refractivity contribution >= 4 is 29.8 Å². The van der Waals surface area contributed by atoms with Gasteiger partial charge >= 0.3 is 0 Å². The summed E-state index contributed by atoms with van der Waals surface area (Å²) in [5.74, 6) is 0.0130. The summed E-state index contributed by atoms with van der Waals surface area (Å²) in [6.45, 7) is 6.78. The summed E-state index contributed by atoms with van der Waals surface area (Å²) in [7, 11) is 0.